The minimum atomic E-state index is 0. The van der Waals surface area contributed by atoms with Crippen molar-refractivity contribution in [3.8, 4) is 0 Å². The summed E-state index contributed by atoms with van der Waals surface area (Å²) in [5.41, 5.74) is 8.58. The smallest absolute Gasteiger partial charge is 0.224 e. The first-order chi connectivity index (χ1) is 12.7. The van der Waals surface area contributed by atoms with Gasteiger partial charge in [0.2, 0.25) is 5.91 Å². The Balaban J connectivity index is 0.00000261. The lowest BCUT2D eigenvalue weighted by Gasteiger charge is -2.06. The predicted octanol–water partition coefficient (Wildman–Crippen LogP) is 5.16. The van der Waals surface area contributed by atoms with Crippen LogP contribution in [0.3, 0.4) is 0 Å². The van der Waals surface area contributed by atoms with Crippen LogP contribution >= 0.6 is 23.7 Å². The summed E-state index contributed by atoms with van der Waals surface area (Å²) in [7, 11) is 0. The van der Waals surface area contributed by atoms with Crippen molar-refractivity contribution in [3.63, 3.8) is 0 Å². The maximum Gasteiger partial charge on any atom is 0.224 e. The molecule has 27 heavy (non-hydrogen) atoms. The molecule has 0 fully saturated rings. The van der Waals surface area contributed by atoms with Gasteiger partial charge in [0.1, 0.15) is 0 Å². The van der Waals surface area contributed by atoms with Crippen molar-refractivity contribution in [1.29, 1.82) is 0 Å². The van der Waals surface area contributed by atoms with E-state index in [9.17, 15) is 4.79 Å². The van der Waals surface area contributed by atoms with Crippen molar-refractivity contribution in [3.05, 3.63) is 59.1 Å². The van der Waals surface area contributed by atoms with Crippen LogP contribution in [0.25, 0.3) is 10.2 Å². The summed E-state index contributed by atoms with van der Waals surface area (Å²) >= 11 is 1.73. The van der Waals surface area contributed by atoms with Crippen molar-refractivity contribution in [1.82, 2.24) is 4.98 Å². The summed E-state index contributed by atoms with van der Waals surface area (Å²) in [6.45, 7) is 0.732. The summed E-state index contributed by atoms with van der Waals surface area (Å²) < 4.78 is 1.22. The molecule has 0 aliphatic heterocycles. The standard InChI is InChI=1S/C21H25N3OS.ClH/c22-14-6-2-1-3-9-20(25)23-17-12-10-16(11-13-17)15-21-24-18-7-4-5-8-19(18)26-21;/h4-5,7-8,10-13H,1-3,6,9,14-15,22H2,(H,23,25);1H. The van der Waals surface area contributed by atoms with Crippen LogP contribution in [0.2, 0.25) is 0 Å². The van der Waals surface area contributed by atoms with Crippen molar-refractivity contribution in [2.24, 2.45) is 5.73 Å². The van der Waals surface area contributed by atoms with Gasteiger partial charge in [-0.05, 0) is 49.2 Å². The van der Waals surface area contributed by atoms with E-state index in [0.717, 1.165) is 54.9 Å². The Morgan fingerprint density at radius 2 is 1.74 bits per heavy atom. The molecule has 0 unspecified atom stereocenters. The number of nitrogens with zero attached hydrogens (tertiary/aromatic N) is 1. The Labute approximate surface area is 170 Å². The number of aromatic nitrogens is 1. The quantitative estimate of drug-likeness (QED) is 0.485. The lowest BCUT2D eigenvalue weighted by atomic mass is 10.1. The number of rotatable bonds is 9. The minimum absolute atomic E-state index is 0. The fourth-order valence-corrected chi connectivity index (χ4v) is 3.88. The minimum Gasteiger partial charge on any atom is -0.330 e. The molecule has 4 nitrogen and oxygen atoms in total. The van der Waals surface area contributed by atoms with Crippen molar-refractivity contribution >= 4 is 45.6 Å². The Hall–Kier alpha value is -1.95. The molecule has 0 spiro atoms. The molecule has 1 heterocycles. The number of amides is 1. The molecule has 3 rings (SSSR count). The number of unbranched alkanes of at least 4 members (excludes halogenated alkanes) is 3. The van der Waals surface area contributed by atoms with E-state index in [4.69, 9.17) is 5.73 Å². The van der Waals surface area contributed by atoms with Crippen molar-refractivity contribution in [2.75, 3.05) is 11.9 Å². The molecular formula is C21H26ClN3OS. The largest absolute Gasteiger partial charge is 0.330 e. The number of fused-ring (bicyclic) bond motifs is 1. The number of benzene rings is 2. The first-order valence-electron chi connectivity index (χ1n) is 9.18. The zero-order chi connectivity index (χ0) is 18.2. The van der Waals surface area contributed by atoms with E-state index in [1.165, 1.54) is 10.3 Å². The molecule has 6 heteroatoms. The zero-order valence-electron chi connectivity index (χ0n) is 15.3. The number of nitrogens with one attached hydrogen (secondary N) is 1. The van der Waals surface area contributed by atoms with Gasteiger partial charge in [0.25, 0.3) is 0 Å². The fourth-order valence-electron chi connectivity index (χ4n) is 2.88. The topological polar surface area (TPSA) is 68.0 Å². The second-order valence-electron chi connectivity index (χ2n) is 6.45. The van der Waals surface area contributed by atoms with E-state index in [0.29, 0.717) is 6.42 Å². The molecule has 144 valence electrons. The third-order valence-electron chi connectivity index (χ3n) is 4.29. The van der Waals surface area contributed by atoms with Crippen LogP contribution < -0.4 is 11.1 Å². The van der Waals surface area contributed by atoms with Gasteiger partial charge in [-0.2, -0.15) is 0 Å². The van der Waals surface area contributed by atoms with Crippen LogP contribution in [0.1, 0.15) is 42.7 Å². The number of hydrogen-bond donors (Lipinski definition) is 2. The maximum absolute atomic E-state index is 12.0. The van der Waals surface area contributed by atoms with E-state index in [1.807, 2.05) is 30.3 Å². The van der Waals surface area contributed by atoms with Crippen molar-refractivity contribution < 1.29 is 4.79 Å². The number of carbonyl (C=O) groups is 1. The Kier molecular flexibility index (Phi) is 8.72. The lowest BCUT2D eigenvalue weighted by molar-refractivity contribution is -0.116. The molecule has 3 N–H and O–H groups in total. The van der Waals surface area contributed by atoms with Gasteiger partial charge in [0, 0.05) is 18.5 Å². The first-order valence-corrected chi connectivity index (χ1v) is 9.99. The van der Waals surface area contributed by atoms with E-state index < -0.39 is 0 Å². The van der Waals surface area contributed by atoms with Gasteiger partial charge >= 0.3 is 0 Å². The summed E-state index contributed by atoms with van der Waals surface area (Å²) in [6, 6.07) is 16.3. The van der Waals surface area contributed by atoms with Gasteiger partial charge < -0.3 is 11.1 Å². The van der Waals surface area contributed by atoms with Gasteiger partial charge in [0.15, 0.2) is 0 Å². The van der Waals surface area contributed by atoms with E-state index in [-0.39, 0.29) is 18.3 Å². The number of hydrogen-bond acceptors (Lipinski definition) is 4. The fraction of sp³-hybridized carbons (Fsp3) is 0.333. The number of halogens is 1. The first kappa shape index (κ1) is 21.4. The Bertz CT molecular complexity index is 815. The molecule has 0 bridgehead atoms. The van der Waals surface area contributed by atoms with E-state index in [2.05, 4.69) is 28.5 Å². The van der Waals surface area contributed by atoms with Crippen LogP contribution in [-0.4, -0.2) is 17.4 Å². The second-order valence-corrected chi connectivity index (χ2v) is 7.57. The SMILES string of the molecule is Cl.NCCCCCCC(=O)Nc1ccc(Cc2nc3ccccc3s2)cc1. The van der Waals surface area contributed by atoms with Crippen LogP contribution in [0.4, 0.5) is 5.69 Å². The van der Waals surface area contributed by atoms with Gasteiger partial charge in [-0.3, -0.25) is 4.79 Å². The molecule has 0 aliphatic carbocycles. The normalized spacial score (nSPS) is 10.6. The van der Waals surface area contributed by atoms with Crippen molar-refractivity contribution in [2.45, 2.75) is 38.5 Å². The van der Waals surface area contributed by atoms with E-state index in [1.54, 1.807) is 11.3 Å². The second kappa shape index (κ2) is 11.0. The third kappa shape index (κ3) is 6.61. The Morgan fingerprint density at radius 1 is 1.00 bits per heavy atom. The summed E-state index contributed by atoms with van der Waals surface area (Å²) in [4.78, 5) is 16.7. The summed E-state index contributed by atoms with van der Waals surface area (Å²) in [5.74, 6) is 0.0803. The molecule has 0 saturated heterocycles. The average Bonchev–Trinajstić information content (AvgIpc) is 3.05. The maximum atomic E-state index is 12.0. The van der Waals surface area contributed by atoms with Gasteiger partial charge in [-0.25, -0.2) is 4.98 Å². The zero-order valence-corrected chi connectivity index (χ0v) is 17.0. The third-order valence-corrected chi connectivity index (χ3v) is 5.33. The molecule has 1 aromatic heterocycles. The highest BCUT2D eigenvalue weighted by Gasteiger charge is 2.06. The molecule has 1 amide bonds. The lowest BCUT2D eigenvalue weighted by Crippen LogP contribution is -2.11. The highest BCUT2D eigenvalue weighted by molar-refractivity contribution is 7.18. The number of nitrogens with two attached hydrogens (primary N) is 1. The van der Waals surface area contributed by atoms with Crippen LogP contribution in [0.5, 0.6) is 0 Å². The van der Waals surface area contributed by atoms with Gasteiger partial charge in [-0.1, -0.05) is 37.1 Å². The molecule has 0 atom stereocenters. The van der Waals surface area contributed by atoms with Crippen LogP contribution in [0, 0.1) is 0 Å². The molecule has 0 saturated carbocycles. The molecular weight excluding hydrogens is 378 g/mol. The summed E-state index contributed by atoms with van der Waals surface area (Å²) in [6.07, 6.45) is 5.50. The molecule has 3 aromatic rings. The van der Waals surface area contributed by atoms with Gasteiger partial charge in [0.05, 0.1) is 15.2 Å². The number of anilines is 1. The monoisotopic (exact) mass is 403 g/mol. The highest BCUT2D eigenvalue weighted by Crippen LogP contribution is 2.24. The molecule has 2 aromatic carbocycles. The van der Waals surface area contributed by atoms with Crippen LogP contribution in [-0.2, 0) is 11.2 Å². The molecule has 0 aliphatic rings. The number of para-hydroxylation sites is 1. The molecule has 0 radical (unpaired) electrons. The van der Waals surface area contributed by atoms with E-state index >= 15 is 0 Å². The highest BCUT2D eigenvalue weighted by atomic mass is 35.5. The predicted molar refractivity (Wildman–Crippen MR) is 117 cm³/mol. The Morgan fingerprint density at radius 3 is 2.48 bits per heavy atom. The van der Waals surface area contributed by atoms with Crippen LogP contribution in [0.15, 0.2) is 48.5 Å². The average molecular weight is 404 g/mol. The number of carbonyl (C=O) groups excluding carboxylic acids is 1. The number of thiazole rings is 1. The van der Waals surface area contributed by atoms with Gasteiger partial charge in [-0.15, -0.1) is 23.7 Å². The summed E-state index contributed by atoms with van der Waals surface area (Å²) in [5, 5.41) is 4.08.